The maximum absolute atomic E-state index is 12.3. The summed E-state index contributed by atoms with van der Waals surface area (Å²) >= 11 is 1.49. The number of hydrogen-bond donors (Lipinski definition) is 1. The Morgan fingerprint density at radius 3 is 2.41 bits per heavy atom. The molecule has 0 aliphatic carbocycles. The van der Waals surface area contributed by atoms with Gasteiger partial charge in [-0.25, -0.2) is 4.79 Å². The molecule has 1 unspecified atom stereocenters. The summed E-state index contributed by atoms with van der Waals surface area (Å²) in [6, 6.07) is 7.93. The van der Waals surface area contributed by atoms with Crippen molar-refractivity contribution in [3.63, 3.8) is 0 Å². The Bertz CT molecular complexity index is 837. The zero-order valence-corrected chi connectivity index (χ0v) is 17.5. The summed E-state index contributed by atoms with van der Waals surface area (Å²) in [5.41, 5.74) is 1.23. The van der Waals surface area contributed by atoms with Crippen LogP contribution in [0.4, 0.5) is 4.79 Å². The second kappa shape index (κ2) is 8.86. The Balaban J connectivity index is 1.99. The van der Waals surface area contributed by atoms with E-state index in [1.54, 1.807) is 32.9 Å². The van der Waals surface area contributed by atoms with Crippen LogP contribution in [-0.2, 0) is 19.0 Å². The maximum atomic E-state index is 12.3. The molecule has 0 saturated heterocycles. The number of carbonyl (C=O) groups excluding carboxylic acids is 1. The molecule has 148 valence electrons. The van der Waals surface area contributed by atoms with Crippen molar-refractivity contribution >= 4 is 27.5 Å². The first-order chi connectivity index (χ1) is 12.6. The van der Waals surface area contributed by atoms with Gasteiger partial charge in [0.2, 0.25) is 0 Å². The molecule has 1 atom stereocenters. The Kier molecular flexibility index (Phi) is 7.02. The van der Waals surface area contributed by atoms with Crippen molar-refractivity contribution in [3.05, 3.63) is 52.2 Å². The first-order valence-corrected chi connectivity index (χ1v) is 10.9. The third kappa shape index (κ3) is 6.97. The molecule has 2 rings (SSSR count). The van der Waals surface area contributed by atoms with Crippen molar-refractivity contribution in [2.75, 3.05) is 6.61 Å². The van der Waals surface area contributed by atoms with Gasteiger partial charge in [-0.05, 0) is 68.6 Å². The van der Waals surface area contributed by atoms with Crippen molar-refractivity contribution in [2.24, 2.45) is 0 Å². The van der Waals surface area contributed by atoms with Gasteiger partial charge in [-0.15, -0.1) is 0 Å². The molecule has 0 radical (unpaired) electrons. The van der Waals surface area contributed by atoms with Crippen LogP contribution in [-0.4, -0.2) is 26.7 Å². The van der Waals surface area contributed by atoms with Gasteiger partial charge in [-0.2, -0.15) is 19.8 Å². The molecular formula is C19H25NO5S2. The second-order valence-electron chi connectivity index (χ2n) is 7.13. The fourth-order valence-corrected chi connectivity index (χ4v) is 3.93. The van der Waals surface area contributed by atoms with E-state index in [9.17, 15) is 13.2 Å². The Labute approximate surface area is 164 Å². The van der Waals surface area contributed by atoms with Crippen LogP contribution in [0.2, 0.25) is 0 Å². The predicted octanol–water partition coefficient (Wildman–Crippen LogP) is 4.42. The lowest BCUT2D eigenvalue weighted by molar-refractivity contribution is 0.0498. The van der Waals surface area contributed by atoms with Crippen molar-refractivity contribution < 1.29 is 22.1 Å². The zero-order chi connectivity index (χ0) is 20.1. The molecule has 0 fully saturated rings. The molecule has 27 heavy (non-hydrogen) atoms. The number of amides is 1. The van der Waals surface area contributed by atoms with Gasteiger partial charge in [-0.1, -0.05) is 17.7 Å². The van der Waals surface area contributed by atoms with E-state index in [2.05, 4.69) is 5.32 Å². The van der Waals surface area contributed by atoms with E-state index < -0.39 is 27.9 Å². The average molecular weight is 412 g/mol. The minimum Gasteiger partial charge on any atom is -0.444 e. The molecular weight excluding hydrogens is 386 g/mol. The van der Waals surface area contributed by atoms with Crippen LogP contribution in [0.3, 0.4) is 0 Å². The van der Waals surface area contributed by atoms with E-state index in [1.165, 1.54) is 23.5 Å². The van der Waals surface area contributed by atoms with Crippen LogP contribution >= 0.6 is 11.3 Å². The largest absolute Gasteiger partial charge is 0.444 e. The second-order valence-corrected chi connectivity index (χ2v) is 9.53. The summed E-state index contributed by atoms with van der Waals surface area (Å²) in [4.78, 5) is 12.2. The maximum Gasteiger partial charge on any atom is 0.408 e. The molecule has 1 N–H and O–H groups in total. The molecule has 0 aliphatic heterocycles. The van der Waals surface area contributed by atoms with Gasteiger partial charge >= 0.3 is 6.09 Å². The van der Waals surface area contributed by atoms with Crippen LogP contribution in [0, 0.1) is 6.92 Å². The van der Waals surface area contributed by atoms with Gasteiger partial charge in [0.15, 0.2) is 0 Å². The summed E-state index contributed by atoms with van der Waals surface area (Å²) in [5, 5.41) is 6.57. The van der Waals surface area contributed by atoms with E-state index in [-0.39, 0.29) is 11.5 Å². The van der Waals surface area contributed by atoms with Crippen molar-refractivity contribution in [1.29, 1.82) is 0 Å². The number of aryl methyl sites for hydroxylation is 1. The molecule has 0 saturated carbocycles. The van der Waals surface area contributed by atoms with E-state index >= 15 is 0 Å². The minimum absolute atomic E-state index is 0.0630. The van der Waals surface area contributed by atoms with Gasteiger partial charge in [0.1, 0.15) is 5.60 Å². The van der Waals surface area contributed by atoms with E-state index in [4.69, 9.17) is 8.92 Å². The molecule has 0 bridgehead atoms. The minimum atomic E-state index is -3.84. The Morgan fingerprint density at radius 1 is 1.19 bits per heavy atom. The summed E-state index contributed by atoms with van der Waals surface area (Å²) in [6.07, 6.45) is -0.263. The predicted molar refractivity (Wildman–Crippen MR) is 105 cm³/mol. The number of alkyl carbamates (subject to hydrolysis) is 1. The molecule has 2 aromatic rings. The van der Waals surface area contributed by atoms with Crippen LogP contribution in [0.25, 0.3) is 0 Å². The molecule has 1 aromatic carbocycles. The SMILES string of the molecule is Cc1ccc(S(=O)(=O)OCCC(NC(=O)OC(C)(C)C)c2ccsc2)cc1. The fourth-order valence-electron chi connectivity index (χ4n) is 2.29. The van der Waals surface area contributed by atoms with Crippen LogP contribution in [0.1, 0.15) is 44.4 Å². The summed E-state index contributed by atoms with van der Waals surface area (Å²) in [7, 11) is -3.84. The summed E-state index contributed by atoms with van der Waals surface area (Å²) < 4.78 is 35.0. The fraction of sp³-hybridized carbons (Fsp3) is 0.421. The number of hydrogen-bond acceptors (Lipinski definition) is 6. The Morgan fingerprint density at radius 2 is 1.85 bits per heavy atom. The highest BCUT2D eigenvalue weighted by molar-refractivity contribution is 7.86. The molecule has 0 aliphatic rings. The van der Waals surface area contributed by atoms with Gasteiger partial charge in [0.25, 0.3) is 10.1 Å². The number of ether oxygens (including phenoxy) is 1. The molecule has 1 heterocycles. The third-order valence-corrected chi connectivity index (χ3v) is 5.62. The number of benzene rings is 1. The van der Waals surface area contributed by atoms with E-state index in [0.717, 1.165) is 11.1 Å². The number of carbonyl (C=O) groups is 1. The van der Waals surface area contributed by atoms with E-state index in [1.807, 2.05) is 23.8 Å². The normalized spacial score (nSPS) is 13.2. The van der Waals surface area contributed by atoms with Gasteiger partial charge in [0.05, 0.1) is 17.5 Å². The highest BCUT2D eigenvalue weighted by Crippen LogP contribution is 2.22. The first-order valence-electron chi connectivity index (χ1n) is 8.54. The number of nitrogens with one attached hydrogen (secondary N) is 1. The highest BCUT2D eigenvalue weighted by atomic mass is 32.2. The lowest BCUT2D eigenvalue weighted by Crippen LogP contribution is -2.35. The Hall–Kier alpha value is -1.90. The third-order valence-electron chi connectivity index (χ3n) is 3.59. The standard InChI is InChI=1S/C19H25NO5S2/c1-14-5-7-16(8-6-14)27(22,23)24-11-9-17(15-10-12-26-13-15)20-18(21)25-19(2,3)4/h5-8,10,12-13,17H,9,11H2,1-4H3,(H,20,21). The lowest BCUT2D eigenvalue weighted by Gasteiger charge is -2.23. The van der Waals surface area contributed by atoms with Gasteiger partial charge < -0.3 is 10.1 Å². The number of rotatable bonds is 7. The molecule has 1 amide bonds. The quantitative estimate of drug-likeness (QED) is 0.682. The van der Waals surface area contributed by atoms with Crippen molar-refractivity contribution in [2.45, 2.75) is 50.7 Å². The number of thiophene rings is 1. The first kappa shape index (κ1) is 21.4. The van der Waals surface area contributed by atoms with Crippen LogP contribution < -0.4 is 5.32 Å². The smallest absolute Gasteiger partial charge is 0.408 e. The van der Waals surface area contributed by atoms with E-state index in [0.29, 0.717) is 6.42 Å². The van der Waals surface area contributed by atoms with Gasteiger partial charge in [-0.3, -0.25) is 4.18 Å². The topological polar surface area (TPSA) is 81.7 Å². The summed E-state index contributed by atoms with van der Waals surface area (Å²) in [6.45, 7) is 7.16. The van der Waals surface area contributed by atoms with Crippen LogP contribution in [0.15, 0.2) is 46.0 Å². The average Bonchev–Trinajstić information content (AvgIpc) is 3.06. The zero-order valence-electron chi connectivity index (χ0n) is 15.9. The van der Waals surface area contributed by atoms with Crippen molar-refractivity contribution in [1.82, 2.24) is 5.32 Å². The molecule has 6 nitrogen and oxygen atoms in total. The van der Waals surface area contributed by atoms with Gasteiger partial charge in [0, 0.05) is 0 Å². The van der Waals surface area contributed by atoms with Crippen molar-refractivity contribution in [3.8, 4) is 0 Å². The summed E-state index contributed by atoms with van der Waals surface area (Å²) in [5.74, 6) is 0. The molecule has 0 spiro atoms. The molecule has 8 heteroatoms. The van der Waals surface area contributed by atoms with Crippen LogP contribution in [0.5, 0.6) is 0 Å². The monoisotopic (exact) mass is 411 g/mol. The highest BCUT2D eigenvalue weighted by Gasteiger charge is 2.22. The lowest BCUT2D eigenvalue weighted by atomic mass is 10.1. The molecule has 1 aromatic heterocycles.